The Kier molecular flexibility index (Phi) is 3.04. The smallest absolute Gasteiger partial charge is 0.0581 e. The van der Waals surface area contributed by atoms with Gasteiger partial charge in [-0.05, 0) is 43.9 Å². The highest BCUT2D eigenvalue weighted by Crippen LogP contribution is 2.46. The highest BCUT2D eigenvalue weighted by Gasteiger charge is 2.41. The zero-order chi connectivity index (χ0) is 11.9. The van der Waals surface area contributed by atoms with Crippen LogP contribution >= 0.6 is 0 Å². The van der Waals surface area contributed by atoms with Crippen LogP contribution in [-0.2, 0) is 9.47 Å². The van der Waals surface area contributed by atoms with Gasteiger partial charge in [0.2, 0.25) is 0 Å². The monoisotopic (exact) mass is 236 g/mol. The average molecular weight is 236 g/mol. The molecule has 4 unspecified atom stereocenters. The fourth-order valence-electron chi connectivity index (χ4n) is 3.58. The molecular weight excluding hydrogens is 212 g/mol. The van der Waals surface area contributed by atoms with Gasteiger partial charge in [-0.15, -0.1) is 0 Å². The molecule has 1 saturated carbocycles. The molecule has 2 heteroatoms. The van der Waals surface area contributed by atoms with E-state index in [0.717, 1.165) is 37.6 Å². The molecule has 0 spiro atoms. The van der Waals surface area contributed by atoms with Crippen LogP contribution in [0.15, 0.2) is 12.2 Å². The van der Waals surface area contributed by atoms with Crippen molar-refractivity contribution in [2.45, 2.75) is 39.2 Å². The number of allylic oxidation sites excluding steroid dienone is 2. The van der Waals surface area contributed by atoms with Gasteiger partial charge < -0.3 is 9.47 Å². The number of rotatable bonds is 5. The highest BCUT2D eigenvalue weighted by atomic mass is 16.5. The van der Waals surface area contributed by atoms with Crippen LogP contribution in [0.3, 0.4) is 0 Å². The van der Waals surface area contributed by atoms with E-state index < -0.39 is 0 Å². The molecule has 2 fully saturated rings. The molecule has 0 aromatic rings. The van der Waals surface area contributed by atoms with Crippen molar-refractivity contribution in [1.82, 2.24) is 0 Å². The fraction of sp³-hybridized carbons (Fsp3) is 0.867. The molecule has 17 heavy (non-hydrogen) atoms. The number of hydrogen-bond donors (Lipinski definition) is 0. The maximum absolute atomic E-state index is 6.16. The van der Waals surface area contributed by atoms with Crippen molar-refractivity contribution in [2.75, 3.05) is 19.8 Å². The number of ether oxygens (including phenoxy) is 2. The van der Waals surface area contributed by atoms with Crippen LogP contribution in [0.5, 0.6) is 0 Å². The van der Waals surface area contributed by atoms with E-state index >= 15 is 0 Å². The first-order chi connectivity index (χ1) is 8.22. The van der Waals surface area contributed by atoms with Gasteiger partial charge in [0.25, 0.3) is 0 Å². The summed E-state index contributed by atoms with van der Waals surface area (Å²) in [7, 11) is 0. The van der Waals surface area contributed by atoms with Crippen LogP contribution in [0.25, 0.3) is 0 Å². The predicted octanol–water partition coefficient (Wildman–Crippen LogP) is 3.03. The molecular formula is C15H24O2. The SMILES string of the molecule is CCC1(COC(C)C2CC3C=CC2C3)COC1. The van der Waals surface area contributed by atoms with Crippen LogP contribution in [0.2, 0.25) is 0 Å². The Labute approximate surface area is 104 Å². The van der Waals surface area contributed by atoms with Crippen LogP contribution in [0.4, 0.5) is 0 Å². The summed E-state index contributed by atoms with van der Waals surface area (Å²) in [5.74, 6) is 2.41. The first-order valence-corrected chi connectivity index (χ1v) is 7.10. The lowest BCUT2D eigenvalue weighted by Gasteiger charge is -2.41. The molecule has 0 radical (unpaired) electrons. The van der Waals surface area contributed by atoms with Gasteiger partial charge in [-0.25, -0.2) is 0 Å². The van der Waals surface area contributed by atoms with Crippen LogP contribution in [0, 0.1) is 23.2 Å². The van der Waals surface area contributed by atoms with Crippen molar-refractivity contribution in [2.24, 2.45) is 23.2 Å². The van der Waals surface area contributed by atoms with Gasteiger partial charge in [0.05, 0.1) is 25.9 Å². The van der Waals surface area contributed by atoms with E-state index in [2.05, 4.69) is 26.0 Å². The highest BCUT2D eigenvalue weighted by molar-refractivity contribution is 5.11. The normalized spacial score (nSPS) is 39.3. The summed E-state index contributed by atoms with van der Waals surface area (Å²) in [5.41, 5.74) is 0.335. The van der Waals surface area contributed by atoms with Gasteiger partial charge in [0.1, 0.15) is 0 Å². The maximum atomic E-state index is 6.16. The van der Waals surface area contributed by atoms with E-state index in [1.165, 1.54) is 19.3 Å². The summed E-state index contributed by atoms with van der Waals surface area (Å²) in [6, 6.07) is 0. The second-order valence-electron chi connectivity index (χ2n) is 6.31. The molecule has 3 aliphatic rings. The molecule has 2 bridgehead atoms. The lowest BCUT2D eigenvalue weighted by atomic mass is 9.83. The van der Waals surface area contributed by atoms with Crippen molar-refractivity contribution in [3.05, 3.63) is 12.2 Å². The van der Waals surface area contributed by atoms with Crippen LogP contribution in [-0.4, -0.2) is 25.9 Å². The Morgan fingerprint density at radius 1 is 1.35 bits per heavy atom. The molecule has 0 aromatic carbocycles. The van der Waals surface area contributed by atoms with Gasteiger partial charge in [-0.1, -0.05) is 19.1 Å². The molecule has 1 aliphatic heterocycles. The summed E-state index contributed by atoms with van der Waals surface area (Å²) in [6.07, 6.45) is 9.13. The first-order valence-electron chi connectivity index (χ1n) is 7.10. The minimum atomic E-state index is 0.335. The van der Waals surface area contributed by atoms with Gasteiger partial charge in [0, 0.05) is 5.41 Å². The fourth-order valence-corrected chi connectivity index (χ4v) is 3.58. The molecule has 1 saturated heterocycles. The molecule has 0 amide bonds. The second kappa shape index (κ2) is 4.40. The Morgan fingerprint density at radius 2 is 2.18 bits per heavy atom. The maximum Gasteiger partial charge on any atom is 0.0581 e. The molecule has 3 rings (SSSR count). The lowest BCUT2D eigenvalue weighted by molar-refractivity contribution is -0.164. The number of fused-ring (bicyclic) bond motifs is 2. The van der Waals surface area contributed by atoms with Crippen molar-refractivity contribution in [1.29, 1.82) is 0 Å². The van der Waals surface area contributed by atoms with E-state index in [9.17, 15) is 0 Å². The largest absolute Gasteiger partial charge is 0.380 e. The van der Waals surface area contributed by atoms with Crippen molar-refractivity contribution < 1.29 is 9.47 Å². The molecule has 0 N–H and O–H groups in total. The Balaban J connectivity index is 1.50. The lowest BCUT2D eigenvalue weighted by Crippen LogP contribution is -2.46. The standard InChI is InChI=1S/C15H24O2/c1-3-15(8-16-9-15)10-17-11(2)14-7-12-4-5-13(14)6-12/h4-5,11-14H,3,6-10H2,1-2H3. The third kappa shape index (κ3) is 2.06. The van der Waals surface area contributed by atoms with Crippen molar-refractivity contribution >= 4 is 0 Å². The zero-order valence-corrected chi connectivity index (χ0v) is 11.0. The summed E-state index contributed by atoms with van der Waals surface area (Å²) in [6.45, 7) is 7.20. The molecule has 4 atom stereocenters. The van der Waals surface area contributed by atoms with E-state index in [0.29, 0.717) is 11.5 Å². The zero-order valence-electron chi connectivity index (χ0n) is 11.0. The minimum Gasteiger partial charge on any atom is -0.380 e. The van der Waals surface area contributed by atoms with E-state index in [-0.39, 0.29) is 0 Å². The average Bonchev–Trinajstić information content (AvgIpc) is 2.89. The van der Waals surface area contributed by atoms with Crippen LogP contribution < -0.4 is 0 Å². The molecule has 0 aromatic heterocycles. The minimum absolute atomic E-state index is 0.335. The predicted molar refractivity (Wildman–Crippen MR) is 67.8 cm³/mol. The molecule has 2 nitrogen and oxygen atoms in total. The Bertz CT molecular complexity index is 301. The summed E-state index contributed by atoms with van der Waals surface area (Å²) in [5, 5.41) is 0. The van der Waals surface area contributed by atoms with Gasteiger partial charge in [-0.2, -0.15) is 0 Å². The molecule has 1 heterocycles. The third-order valence-electron chi connectivity index (χ3n) is 5.15. The first kappa shape index (κ1) is 11.7. The van der Waals surface area contributed by atoms with E-state index in [1.54, 1.807) is 0 Å². The van der Waals surface area contributed by atoms with Crippen LogP contribution in [0.1, 0.15) is 33.1 Å². The van der Waals surface area contributed by atoms with Gasteiger partial charge in [0.15, 0.2) is 0 Å². The van der Waals surface area contributed by atoms with Crippen molar-refractivity contribution in [3.63, 3.8) is 0 Å². The summed E-state index contributed by atoms with van der Waals surface area (Å²) >= 11 is 0. The van der Waals surface area contributed by atoms with E-state index in [4.69, 9.17) is 9.47 Å². The molecule has 96 valence electrons. The topological polar surface area (TPSA) is 18.5 Å². The Hall–Kier alpha value is -0.340. The molecule has 2 aliphatic carbocycles. The third-order valence-corrected chi connectivity index (χ3v) is 5.15. The number of hydrogen-bond acceptors (Lipinski definition) is 2. The summed E-state index contributed by atoms with van der Waals surface area (Å²) < 4.78 is 11.5. The Morgan fingerprint density at radius 3 is 2.65 bits per heavy atom. The van der Waals surface area contributed by atoms with Gasteiger partial charge >= 0.3 is 0 Å². The quantitative estimate of drug-likeness (QED) is 0.683. The van der Waals surface area contributed by atoms with Gasteiger partial charge in [-0.3, -0.25) is 0 Å². The summed E-state index contributed by atoms with van der Waals surface area (Å²) in [4.78, 5) is 0. The second-order valence-corrected chi connectivity index (χ2v) is 6.31. The van der Waals surface area contributed by atoms with Crippen molar-refractivity contribution in [3.8, 4) is 0 Å². The van der Waals surface area contributed by atoms with E-state index in [1.807, 2.05) is 0 Å².